The summed E-state index contributed by atoms with van der Waals surface area (Å²) < 4.78 is 4.92. The predicted octanol–water partition coefficient (Wildman–Crippen LogP) is 3.49. The fourth-order valence-electron chi connectivity index (χ4n) is 1.69. The fraction of sp³-hybridized carbons (Fsp3) is 0.133. The molecule has 19 heavy (non-hydrogen) atoms. The minimum atomic E-state index is -0.477. The number of nitrogens with one attached hydrogen (secondary N) is 1. The summed E-state index contributed by atoms with van der Waals surface area (Å²) in [5, 5.41) is 1.69. The highest BCUT2D eigenvalue weighted by atomic mass is 16.6. The summed E-state index contributed by atoms with van der Waals surface area (Å²) in [6.45, 7) is 2.11. The number of anilines is 2. The van der Waals surface area contributed by atoms with Crippen LogP contribution in [0.1, 0.15) is 6.92 Å². The third-order valence-corrected chi connectivity index (χ3v) is 2.51. The zero-order valence-corrected chi connectivity index (χ0v) is 10.7. The zero-order valence-electron chi connectivity index (χ0n) is 10.7. The van der Waals surface area contributed by atoms with E-state index in [0.29, 0.717) is 6.61 Å². The first-order valence-corrected chi connectivity index (χ1v) is 6.15. The number of rotatable bonds is 4. The van der Waals surface area contributed by atoms with E-state index in [1.165, 1.54) is 0 Å². The number of benzene rings is 2. The number of nitrogens with zero attached hydrogens (tertiary/aromatic N) is 1. The van der Waals surface area contributed by atoms with Crippen molar-refractivity contribution in [1.82, 2.24) is 5.43 Å². The number of carbonyl (C=O) groups excluding carboxylic acids is 1. The van der Waals surface area contributed by atoms with Gasteiger partial charge in [-0.05, 0) is 31.2 Å². The van der Waals surface area contributed by atoms with Crippen molar-refractivity contribution in [2.75, 3.05) is 11.6 Å². The van der Waals surface area contributed by atoms with Crippen molar-refractivity contribution in [2.45, 2.75) is 6.92 Å². The van der Waals surface area contributed by atoms with Crippen LogP contribution in [0.4, 0.5) is 16.2 Å². The Morgan fingerprint density at radius 3 is 1.89 bits per heavy atom. The molecule has 0 unspecified atom stereocenters. The molecule has 0 aliphatic carbocycles. The van der Waals surface area contributed by atoms with Gasteiger partial charge in [0.05, 0.1) is 18.0 Å². The van der Waals surface area contributed by atoms with Gasteiger partial charge in [-0.3, -0.25) is 5.01 Å². The highest BCUT2D eigenvalue weighted by molar-refractivity contribution is 5.74. The van der Waals surface area contributed by atoms with Crippen LogP contribution in [-0.4, -0.2) is 12.7 Å². The van der Waals surface area contributed by atoms with Gasteiger partial charge in [-0.1, -0.05) is 36.4 Å². The van der Waals surface area contributed by atoms with Gasteiger partial charge in [0.1, 0.15) is 0 Å². The standard InChI is InChI=1S/C15H16N2O2/c1-2-19-15(18)16-17(13-9-5-3-6-10-13)14-11-7-4-8-12-14/h3-12H,2H2,1H3,(H,16,18). The minimum absolute atomic E-state index is 0.337. The Morgan fingerprint density at radius 2 is 1.47 bits per heavy atom. The lowest BCUT2D eigenvalue weighted by molar-refractivity contribution is 0.152. The summed E-state index contributed by atoms with van der Waals surface area (Å²) in [6, 6.07) is 19.2. The first-order valence-electron chi connectivity index (χ1n) is 6.15. The Labute approximate surface area is 112 Å². The third-order valence-electron chi connectivity index (χ3n) is 2.51. The zero-order chi connectivity index (χ0) is 13.5. The summed E-state index contributed by atoms with van der Waals surface area (Å²) >= 11 is 0. The first kappa shape index (κ1) is 13.0. The summed E-state index contributed by atoms with van der Waals surface area (Å²) in [4.78, 5) is 11.6. The molecule has 2 aromatic rings. The largest absolute Gasteiger partial charge is 0.449 e. The molecule has 1 amide bonds. The average Bonchev–Trinajstić information content (AvgIpc) is 2.47. The van der Waals surface area contributed by atoms with E-state index in [1.807, 2.05) is 60.7 Å². The molecule has 0 aliphatic rings. The molecule has 0 bridgehead atoms. The number of para-hydroxylation sites is 2. The summed E-state index contributed by atoms with van der Waals surface area (Å²) in [7, 11) is 0. The molecule has 0 aromatic heterocycles. The average molecular weight is 256 g/mol. The van der Waals surface area contributed by atoms with Crippen LogP contribution >= 0.6 is 0 Å². The van der Waals surface area contributed by atoms with Gasteiger partial charge in [0, 0.05) is 0 Å². The number of hydrazine groups is 1. The van der Waals surface area contributed by atoms with E-state index >= 15 is 0 Å². The maximum absolute atomic E-state index is 11.6. The molecule has 2 rings (SSSR count). The van der Waals surface area contributed by atoms with Crippen LogP contribution < -0.4 is 10.4 Å². The van der Waals surface area contributed by atoms with Gasteiger partial charge in [0.25, 0.3) is 0 Å². The van der Waals surface area contributed by atoms with Crippen molar-refractivity contribution >= 4 is 17.5 Å². The van der Waals surface area contributed by atoms with E-state index in [2.05, 4.69) is 5.43 Å². The van der Waals surface area contributed by atoms with Crippen molar-refractivity contribution in [2.24, 2.45) is 0 Å². The fourth-order valence-corrected chi connectivity index (χ4v) is 1.69. The molecule has 0 saturated heterocycles. The van der Waals surface area contributed by atoms with E-state index in [-0.39, 0.29) is 0 Å². The van der Waals surface area contributed by atoms with Crippen LogP contribution in [0.5, 0.6) is 0 Å². The second-order valence-electron chi connectivity index (χ2n) is 3.84. The summed E-state index contributed by atoms with van der Waals surface area (Å²) in [6.07, 6.45) is -0.477. The number of hydrogen-bond donors (Lipinski definition) is 1. The maximum Gasteiger partial charge on any atom is 0.426 e. The molecule has 0 aliphatic heterocycles. The monoisotopic (exact) mass is 256 g/mol. The van der Waals surface area contributed by atoms with Crippen molar-refractivity contribution < 1.29 is 9.53 Å². The molecule has 0 atom stereocenters. The van der Waals surface area contributed by atoms with Crippen LogP contribution in [0.3, 0.4) is 0 Å². The van der Waals surface area contributed by atoms with Gasteiger partial charge in [-0.25, -0.2) is 10.2 Å². The van der Waals surface area contributed by atoms with E-state index in [1.54, 1.807) is 11.9 Å². The van der Waals surface area contributed by atoms with E-state index in [4.69, 9.17) is 4.74 Å². The van der Waals surface area contributed by atoms with Crippen LogP contribution in [0, 0.1) is 0 Å². The van der Waals surface area contributed by atoms with Gasteiger partial charge >= 0.3 is 6.09 Å². The minimum Gasteiger partial charge on any atom is -0.449 e. The van der Waals surface area contributed by atoms with Gasteiger partial charge in [0.15, 0.2) is 0 Å². The third kappa shape index (κ3) is 3.48. The van der Waals surface area contributed by atoms with Crippen LogP contribution in [-0.2, 0) is 4.74 Å². The quantitative estimate of drug-likeness (QED) is 0.851. The highest BCUT2D eigenvalue weighted by Crippen LogP contribution is 2.22. The molecule has 1 N–H and O–H groups in total. The Bertz CT molecular complexity index is 475. The Balaban J connectivity index is 2.26. The second kappa shape index (κ2) is 6.44. The molecule has 98 valence electrons. The van der Waals surface area contributed by atoms with E-state index in [0.717, 1.165) is 11.4 Å². The summed E-state index contributed by atoms with van der Waals surface area (Å²) in [5.41, 5.74) is 4.45. The van der Waals surface area contributed by atoms with Crippen molar-refractivity contribution in [3.8, 4) is 0 Å². The van der Waals surface area contributed by atoms with Crippen molar-refractivity contribution in [1.29, 1.82) is 0 Å². The van der Waals surface area contributed by atoms with Gasteiger partial charge in [-0.2, -0.15) is 0 Å². The molecule has 4 nitrogen and oxygen atoms in total. The number of carbonyl (C=O) groups is 1. The first-order chi connectivity index (χ1) is 9.31. The lowest BCUT2D eigenvalue weighted by Gasteiger charge is -2.24. The molecule has 0 fully saturated rings. The smallest absolute Gasteiger partial charge is 0.426 e. The lowest BCUT2D eigenvalue weighted by Crippen LogP contribution is -2.39. The molecule has 0 radical (unpaired) electrons. The van der Waals surface area contributed by atoms with Gasteiger partial charge < -0.3 is 4.74 Å². The van der Waals surface area contributed by atoms with E-state index in [9.17, 15) is 4.79 Å². The molecule has 0 saturated carbocycles. The molecular weight excluding hydrogens is 240 g/mol. The number of ether oxygens (including phenoxy) is 1. The Kier molecular flexibility index (Phi) is 4.39. The second-order valence-corrected chi connectivity index (χ2v) is 3.84. The normalized spacial score (nSPS) is 9.74. The number of hydrogen-bond acceptors (Lipinski definition) is 3. The molecule has 0 heterocycles. The van der Waals surface area contributed by atoms with Crippen molar-refractivity contribution in [3.05, 3.63) is 60.7 Å². The molecular formula is C15H16N2O2. The van der Waals surface area contributed by atoms with Crippen LogP contribution in [0.2, 0.25) is 0 Å². The molecule has 4 heteroatoms. The maximum atomic E-state index is 11.6. The Hall–Kier alpha value is -2.49. The summed E-state index contributed by atoms with van der Waals surface area (Å²) in [5.74, 6) is 0. The van der Waals surface area contributed by atoms with Crippen molar-refractivity contribution in [3.63, 3.8) is 0 Å². The van der Waals surface area contributed by atoms with Crippen LogP contribution in [0.15, 0.2) is 60.7 Å². The number of amides is 1. The topological polar surface area (TPSA) is 41.6 Å². The highest BCUT2D eigenvalue weighted by Gasteiger charge is 2.12. The SMILES string of the molecule is CCOC(=O)NN(c1ccccc1)c1ccccc1. The predicted molar refractivity (Wildman–Crippen MR) is 75.2 cm³/mol. The van der Waals surface area contributed by atoms with Gasteiger partial charge in [0.2, 0.25) is 0 Å². The van der Waals surface area contributed by atoms with Crippen LogP contribution in [0.25, 0.3) is 0 Å². The lowest BCUT2D eigenvalue weighted by atomic mass is 10.2. The van der Waals surface area contributed by atoms with E-state index < -0.39 is 6.09 Å². The molecule has 2 aromatic carbocycles. The van der Waals surface area contributed by atoms with Gasteiger partial charge in [-0.15, -0.1) is 0 Å². The Morgan fingerprint density at radius 1 is 1.00 bits per heavy atom. The molecule has 0 spiro atoms.